The molecule has 1 heterocycles. The maximum atomic E-state index is 12.6. The minimum absolute atomic E-state index is 0.0298. The number of hydrogen-bond donors (Lipinski definition) is 1. The number of hydrogen-bond acceptors (Lipinski definition) is 5. The first-order chi connectivity index (χ1) is 10.5. The van der Waals surface area contributed by atoms with E-state index in [4.69, 9.17) is 9.84 Å². The second-order valence-corrected chi connectivity index (χ2v) is 8.22. The Morgan fingerprint density at radius 1 is 1.09 bits per heavy atom. The van der Waals surface area contributed by atoms with Crippen molar-refractivity contribution in [1.82, 2.24) is 9.21 Å². The van der Waals surface area contributed by atoms with Gasteiger partial charge >= 0.3 is 0 Å². The van der Waals surface area contributed by atoms with E-state index in [1.54, 1.807) is 16.4 Å². The number of ether oxygens (including phenoxy) is 1. The van der Waals surface area contributed by atoms with Crippen LogP contribution in [0.25, 0.3) is 0 Å². The Balaban J connectivity index is 1.86. The first-order valence-electron chi connectivity index (χ1n) is 7.21. The molecule has 1 N–H and O–H groups in total. The van der Waals surface area contributed by atoms with Gasteiger partial charge in [0.2, 0.25) is 10.0 Å². The zero-order chi connectivity index (χ0) is 16.0. The van der Waals surface area contributed by atoms with Crippen molar-refractivity contribution in [3.05, 3.63) is 27.8 Å². The van der Waals surface area contributed by atoms with Crippen LogP contribution in [0.5, 0.6) is 0 Å². The third kappa shape index (κ3) is 4.87. The van der Waals surface area contributed by atoms with Crippen molar-refractivity contribution in [2.75, 3.05) is 52.5 Å². The molecule has 0 bridgehead atoms. The number of sulfonamides is 1. The fourth-order valence-corrected chi connectivity index (χ4v) is 4.09. The molecule has 6 nitrogen and oxygen atoms in total. The topological polar surface area (TPSA) is 70.1 Å². The SMILES string of the molecule is O=S(=O)(c1ccc(I)cc1)N1CCN(CCOCCO)CC1. The summed E-state index contributed by atoms with van der Waals surface area (Å²) in [6, 6.07) is 6.93. The molecule has 0 aliphatic carbocycles. The Kier molecular flexibility index (Phi) is 7.03. The molecular formula is C14H21IN2O4S. The highest BCUT2D eigenvalue weighted by Crippen LogP contribution is 2.18. The minimum Gasteiger partial charge on any atom is -0.394 e. The van der Waals surface area contributed by atoms with Crippen LogP contribution in [0, 0.1) is 3.57 Å². The molecule has 1 fully saturated rings. The number of aliphatic hydroxyl groups excluding tert-OH is 1. The number of nitrogens with zero attached hydrogens (tertiary/aromatic N) is 2. The van der Waals surface area contributed by atoms with E-state index in [0.717, 1.165) is 10.1 Å². The van der Waals surface area contributed by atoms with Gasteiger partial charge in [-0.05, 0) is 46.9 Å². The van der Waals surface area contributed by atoms with Crippen LogP contribution >= 0.6 is 22.6 Å². The zero-order valence-electron chi connectivity index (χ0n) is 12.3. The van der Waals surface area contributed by atoms with Crippen molar-refractivity contribution in [3.63, 3.8) is 0 Å². The van der Waals surface area contributed by atoms with Gasteiger partial charge in [-0.15, -0.1) is 0 Å². The van der Waals surface area contributed by atoms with Gasteiger partial charge < -0.3 is 9.84 Å². The number of piperazine rings is 1. The van der Waals surface area contributed by atoms with Crippen LogP contribution < -0.4 is 0 Å². The van der Waals surface area contributed by atoms with E-state index in [9.17, 15) is 8.42 Å². The predicted molar refractivity (Wildman–Crippen MR) is 92.3 cm³/mol. The molecule has 0 atom stereocenters. The highest BCUT2D eigenvalue weighted by Gasteiger charge is 2.28. The molecule has 1 aromatic rings. The summed E-state index contributed by atoms with van der Waals surface area (Å²) in [5, 5.41) is 8.64. The van der Waals surface area contributed by atoms with Crippen molar-refractivity contribution in [2.24, 2.45) is 0 Å². The normalized spacial score (nSPS) is 17.7. The fraction of sp³-hybridized carbons (Fsp3) is 0.571. The summed E-state index contributed by atoms with van der Waals surface area (Å²) < 4.78 is 32.9. The Labute approximate surface area is 145 Å². The van der Waals surface area contributed by atoms with Gasteiger partial charge in [0.25, 0.3) is 0 Å². The lowest BCUT2D eigenvalue weighted by atomic mass is 10.3. The van der Waals surface area contributed by atoms with Crippen LogP contribution in [0.3, 0.4) is 0 Å². The van der Waals surface area contributed by atoms with Crippen LogP contribution in [0.15, 0.2) is 29.2 Å². The van der Waals surface area contributed by atoms with Crippen LogP contribution in [0.1, 0.15) is 0 Å². The van der Waals surface area contributed by atoms with E-state index >= 15 is 0 Å². The molecule has 0 saturated carbocycles. The highest BCUT2D eigenvalue weighted by atomic mass is 127. The molecule has 22 heavy (non-hydrogen) atoms. The summed E-state index contributed by atoms with van der Waals surface area (Å²) in [7, 11) is -3.39. The van der Waals surface area contributed by atoms with Crippen LogP contribution in [0.4, 0.5) is 0 Å². The van der Waals surface area contributed by atoms with Gasteiger partial charge in [-0.1, -0.05) is 0 Å². The summed E-state index contributed by atoms with van der Waals surface area (Å²) in [4.78, 5) is 2.53. The molecule has 2 rings (SSSR count). The zero-order valence-corrected chi connectivity index (χ0v) is 15.3. The predicted octanol–water partition coefficient (Wildman–Crippen LogP) is 0.606. The molecule has 1 aliphatic heterocycles. The minimum atomic E-state index is -3.39. The van der Waals surface area contributed by atoms with E-state index in [0.29, 0.717) is 44.3 Å². The van der Waals surface area contributed by atoms with E-state index in [2.05, 4.69) is 27.5 Å². The van der Waals surface area contributed by atoms with Crippen molar-refractivity contribution in [2.45, 2.75) is 4.90 Å². The molecule has 0 spiro atoms. The Hall–Kier alpha value is -0.260. The highest BCUT2D eigenvalue weighted by molar-refractivity contribution is 14.1. The molecule has 1 aliphatic rings. The van der Waals surface area contributed by atoms with Crippen molar-refractivity contribution in [3.8, 4) is 0 Å². The van der Waals surface area contributed by atoms with Crippen molar-refractivity contribution >= 4 is 32.6 Å². The third-order valence-electron chi connectivity index (χ3n) is 3.57. The summed E-state index contributed by atoms with van der Waals surface area (Å²) >= 11 is 2.16. The molecule has 1 saturated heterocycles. The van der Waals surface area contributed by atoms with Crippen molar-refractivity contribution in [1.29, 1.82) is 0 Å². The van der Waals surface area contributed by atoms with E-state index in [1.807, 2.05) is 12.1 Å². The number of halogens is 1. The van der Waals surface area contributed by atoms with Gasteiger partial charge in [0.1, 0.15) is 0 Å². The second kappa shape index (κ2) is 8.55. The van der Waals surface area contributed by atoms with Gasteiger partial charge in [0, 0.05) is 36.3 Å². The standard InChI is InChI=1S/C14H21IN2O4S/c15-13-1-3-14(4-2-13)22(19,20)17-7-5-16(6-8-17)9-11-21-12-10-18/h1-4,18H,5-12H2. The first kappa shape index (κ1) is 18.1. The summed E-state index contributed by atoms with van der Waals surface area (Å²) in [6.07, 6.45) is 0. The smallest absolute Gasteiger partial charge is 0.243 e. The molecule has 0 aromatic heterocycles. The van der Waals surface area contributed by atoms with Crippen LogP contribution in [-0.2, 0) is 14.8 Å². The lowest BCUT2D eigenvalue weighted by molar-refractivity contribution is 0.0661. The van der Waals surface area contributed by atoms with Gasteiger partial charge in [-0.3, -0.25) is 4.90 Å². The summed E-state index contributed by atoms with van der Waals surface area (Å²) in [5.41, 5.74) is 0. The molecule has 0 unspecified atom stereocenters. The average molecular weight is 440 g/mol. The lowest BCUT2D eigenvalue weighted by Crippen LogP contribution is -2.49. The molecule has 0 amide bonds. The lowest BCUT2D eigenvalue weighted by Gasteiger charge is -2.33. The number of benzene rings is 1. The first-order valence-corrected chi connectivity index (χ1v) is 9.72. The number of aliphatic hydroxyl groups is 1. The Morgan fingerprint density at radius 3 is 2.32 bits per heavy atom. The van der Waals surface area contributed by atoms with E-state index in [1.165, 1.54) is 0 Å². The molecule has 1 aromatic carbocycles. The average Bonchev–Trinajstić information content (AvgIpc) is 2.52. The quantitative estimate of drug-likeness (QED) is 0.497. The van der Waals surface area contributed by atoms with Crippen molar-refractivity contribution < 1.29 is 18.3 Å². The Bertz CT molecular complexity index is 557. The maximum absolute atomic E-state index is 12.6. The Morgan fingerprint density at radius 2 is 1.73 bits per heavy atom. The molecule has 124 valence electrons. The third-order valence-corrected chi connectivity index (χ3v) is 6.20. The van der Waals surface area contributed by atoms with Gasteiger partial charge in [0.15, 0.2) is 0 Å². The molecular weight excluding hydrogens is 419 g/mol. The number of rotatable bonds is 7. The maximum Gasteiger partial charge on any atom is 0.243 e. The molecule has 8 heteroatoms. The second-order valence-electron chi connectivity index (χ2n) is 5.04. The van der Waals surface area contributed by atoms with E-state index in [-0.39, 0.29) is 6.61 Å². The largest absolute Gasteiger partial charge is 0.394 e. The molecule has 0 radical (unpaired) electrons. The fourth-order valence-electron chi connectivity index (χ4n) is 2.31. The summed E-state index contributed by atoms with van der Waals surface area (Å²) in [5.74, 6) is 0. The van der Waals surface area contributed by atoms with Crippen LogP contribution in [-0.4, -0.2) is 75.3 Å². The van der Waals surface area contributed by atoms with Gasteiger partial charge in [-0.25, -0.2) is 8.42 Å². The van der Waals surface area contributed by atoms with Gasteiger partial charge in [-0.2, -0.15) is 4.31 Å². The monoisotopic (exact) mass is 440 g/mol. The van der Waals surface area contributed by atoms with E-state index < -0.39 is 10.0 Å². The van der Waals surface area contributed by atoms with Crippen LogP contribution in [0.2, 0.25) is 0 Å². The summed E-state index contributed by atoms with van der Waals surface area (Å²) in [6.45, 7) is 4.09. The van der Waals surface area contributed by atoms with Gasteiger partial charge in [0.05, 0.1) is 24.7 Å².